The topological polar surface area (TPSA) is 71.3 Å². The molecule has 0 N–H and O–H groups in total. The summed E-state index contributed by atoms with van der Waals surface area (Å²) < 4.78 is 1.15. The van der Waals surface area contributed by atoms with Crippen molar-refractivity contribution in [3.63, 3.8) is 0 Å². The van der Waals surface area contributed by atoms with Crippen LogP contribution >= 0.6 is 23.2 Å². The highest BCUT2D eigenvalue weighted by Gasteiger charge is 2.25. The van der Waals surface area contributed by atoms with Crippen molar-refractivity contribution in [3.8, 4) is 0 Å². The van der Waals surface area contributed by atoms with Gasteiger partial charge in [0.25, 0.3) is 11.5 Å². The molecule has 1 fully saturated rings. The molecule has 126 valence electrons. The smallest absolute Gasteiger partial charge is 0.274 e. The van der Waals surface area contributed by atoms with E-state index in [1.165, 1.54) is 19.2 Å². The summed E-state index contributed by atoms with van der Waals surface area (Å²) in [5.41, 5.74) is 0.00743. The number of nitrogens with zero attached hydrogens (tertiary/aromatic N) is 5. The molecule has 0 spiro atoms. The van der Waals surface area contributed by atoms with Gasteiger partial charge in [-0.2, -0.15) is 5.10 Å². The van der Waals surface area contributed by atoms with Crippen molar-refractivity contribution in [2.24, 2.45) is 7.05 Å². The average molecular weight is 368 g/mol. The maximum Gasteiger partial charge on any atom is 0.274 e. The van der Waals surface area contributed by atoms with Crippen LogP contribution in [0.5, 0.6) is 0 Å². The number of rotatable bonds is 2. The number of carbonyl (C=O) groups excluding carboxylic acids is 1. The lowest BCUT2D eigenvalue weighted by Crippen LogP contribution is -2.49. The first-order valence-corrected chi connectivity index (χ1v) is 8.11. The fourth-order valence-corrected chi connectivity index (χ4v) is 3.04. The minimum atomic E-state index is -0.250. The standard InChI is InChI=1S/C15H15Cl2N5O2/c1-20-13(23)3-2-12(19-20)15(24)22-6-4-21(5-7-22)14-11(17)8-10(16)9-18-14/h2-3,8-9H,4-7H2,1H3. The van der Waals surface area contributed by atoms with E-state index in [9.17, 15) is 9.59 Å². The highest BCUT2D eigenvalue weighted by Crippen LogP contribution is 2.26. The highest BCUT2D eigenvalue weighted by atomic mass is 35.5. The van der Waals surface area contributed by atoms with Gasteiger partial charge < -0.3 is 9.80 Å². The van der Waals surface area contributed by atoms with E-state index < -0.39 is 0 Å². The highest BCUT2D eigenvalue weighted by molar-refractivity contribution is 6.36. The molecule has 24 heavy (non-hydrogen) atoms. The van der Waals surface area contributed by atoms with Gasteiger partial charge in [0.1, 0.15) is 11.5 Å². The molecule has 1 aliphatic rings. The van der Waals surface area contributed by atoms with E-state index >= 15 is 0 Å². The van der Waals surface area contributed by atoms with Crippen LogP contribution in [0, 0.1) is 0 Å². The summed E-state index contributed by atoms with van der Waals surface area (Å²) in [6.45, 7) is 2.24. The normalized spacial score (nSPS) is 14.8. The Labute approximate surface area is 148 Å². The number of hydrogen-bond donors (Lipinski definition) is 0. The van der Waals surface area contributed by atoms with E-state index in [-0.39, 0.29) is 17.2 Å². The monoisotopic (exact) mass is 367 g/mol. The number of aryl methyl sites for hydroxylation is 1. The van der Waals surface area contributed by atoms with Crippen LogP contribution in [0.2, 0.25) is 10.0 Å². The Morgan fingerprint density at radius 2 is 1.88 bits per heavy atom. The van der Waals surface area contributed by atoms with Crippen LogP contribution in [0.1, 0.15) is 10.5 Å². The van der Waals surface area contributed by atoms with Crippen molar-refractivity contribution in [2.75, 3.05) is 31.1 Å². The second-order valence-electron chi connectivity index (χ2n) is 5.42. The van der Waals surface area contributed by atoms with Crippen LogP contribution in [-0.4, -0.2) is 51.8 Å². The molecule has 1 saturated heterocycles. The molecular weight excluding hydrogens is 353 g/mol. The largest absolute Gasteiger partial charge is 0.352 e. The molecule has 2 aromatic rings. The molecule has 2 aromatic heterocycles. The van der Waals surface area contributed by atoms with Crippen molar-refractivity contribution in [1.29, 1.82) is 0 Å². The molecule has 7 nitrogen and oxygen atoms in total. The first-order valence-electron chi connectivity index (χ1n) is 7.35. The Hall–Kier alpha value is -2.12. The van der Waals surface area contributed by atoms with Gasteiger partial charge in [0.05, 0.1) is 10.0 Å². The Kier molecular flexibility index (Phi) is 4.73. The SMILES string of the molecule is Cn1nc(C(=O)N2CCN(c3ncc(Cl)cc3Cl)CC2)ccc1=O. The number of halogens is 2. The zero-order valence-electron chi connectivity index (χ0n) is 12.9. The Morgan fingerprint density at radius 1 is 1.17 bits per heavy atom. The van der Waals surface area contributed by atoms with Crippen molar-refractivity contribution in [1.82, 2.24) is 19.7 Å². The van der Waals surface area contributed by atoms with E-state index in [1.807, 2.05) is 4.90 Å². The molecule has 0 saturated carbocycles. The molecule has 0 radical (unpaired) electrons. The third kappa shape index (κ3) is 3.37. The van der Waals surface area contributed by atoms with Crippen LogP contribution in [-0.2, 0) is 7.05 Å². The van der Waals surface area contributed by atoms with Crippen LogP contribution in [0.25, 0.3) is 0 Å². The van der Waals surface area contributed by atoms with Gasteiger partial charge in [-0.15, -0.1) is 0 Å². The Morgan fingerprint density at radius 3 is 2.50 bits per heavy atom. The lowest BCUT2D eigenvalue weighted by atomic mass is 10.2. The van der Waals surface area contributed by atoms with E-state index in [0.29, 0.717) is 42.0 Å². The molecule has 9 heteroatoms. The number of piperazine rings is 1. The van der Waals surface area contributed by atoms with Crippen LogP contribution in [0.15, 0.2) is 29.2 Å². The molecule has 0 aliphatic carbocycles. The van der Waals surface area contributed by atoms with Gasteiger partial charge in [-0.05, 0) is 12.1 Å². The van der Waals surface area contributed by atoms with Crippen molar-refractivity contribution in [2.45, 2.75) is 0 Å². The van der Waals surface area contributed by atoms with E-state index in [2.05, 4.69) is 10.1 Å². The summed E-state index contributed by atoms with van der Waals surface area (Å²) in [5, 5.41) is 4.97. The van der Waals surface area contributed by atoms with Gasteiger partial charge in [0.15, 0.2) is 0 Å². The first kappa shape index (κ1) is 16.7. The molecule has 0 aromatic carbocycles. The van der Waals surface area contributed by atoms with Gasteiger partial charge in [-0.3, -0.25) is 9.59 Å². The molecule has 3 heterocycles. The fraction of sp³-hybridized carbons (Fsp3) is 0.333. The minimum Gasteiger partial charge on any atom is -0.352 e. The summed E-state index contributed by atoms with van der Waals surface area (Å²) in [5.74, 6) is 0.466. The molecule has 0 unspecified atom stereocenters. The summed E-state index contributed by atoms with van der Waals surface area (Å²) >= 11 is 12.0. The van der Waals surface area contributed by atoms with E-state index in [1.54, 1.807) is 17.2 Å². The fourth-order valence-electron chi connectivity index (χ4n) is 2.54. The van der Waals surface area contributed by atoms with Crippen molar-refractivity contribution >= 4 is 34.9 Å². The minimum absolute atomic E-state index is 0.194. The third-order valence-corrected chi connectivity index (χ3v) is 4.32. The van der Waals surface area contributed by atoms with E-state index in [4.69, 9.17) is 23.2 Å². The number of aromatic nitrogens is 3. The Balaban J connectivity index is 1.69. The quantitative estimate of drug-likeness (QED) is 0.802. The maximum absolute atomic E-state index is 12.5. The Bertz CT molecular complexity index is 831. The van der Waals surface area contributed by atoms with Gasteiger partial charge in [0, 0.05) is 45.5 Å². The van der Waals surface area contributed by atoms with Crippen molar-refractivity contribution in [3.05, 3.63) is 50.5 Å². The van der Waals surface area contributed by atoms with Crippen LogP contribution < -0.4 is 10.5 Å². The van der Waals surface area contributed by atoms with Crippen molar-refractivity contribution < 1.29 is 4.79 Å². The van der Waals surface area contributed by atoms with Crippen LogP contribution in [0.4, 0.5) is 5.82 Å². The summed E-state index contributed by atoms with van der Waals surface area (Å²) in [6, 6.07) is 4.44. The molecule has 3 rings (SSSR count). The van der Waals surface area contributed by atoms with Crippen LogP contribution in [0.3, 0.4) is 0 Å². The average Bonchev–Trinajstić information content (AvgIpc) is 2.57. The number of amides is 1. The number of hydrogen-bond acceptors (Lipinski definition) is 5. The molecule has 1 amide bonds. The van der Waals surface area contributed by atoms with Gasteiger partial charge in [0.2, 0.25) is 0 Å². The molecule has 1 aliphatic heterocycles. The number of carbonyl (C=O) groups is 1. The van der Waals surface area contributed by atoms with Gasteiger partial charge in [-0.25, -0.2) is 9.67 Å². The van der Waals surface area contributed by atoms with Gasteiger partial charge >= 0.3 is 0 Å². The van der Waals surface area contributed by atoms with Gasteiger partial charge in [-0.1, -0.05) is 23.2 Å². The summed E-state index contributed by atoms with van der Waals surface area (Å²) in [6.07, 6.45) is 1.55. The molecule has 0 atom stereocenters. The zero-order chi connectivity index (χ0) is 17.3. The van der Waals surface area contributed by atoms with E-state index in [0.717, 1.165) is 4.68 Å². The predicted octanol–water partition coefficient (Wildman–Crippen LogP) is 1.44. The lowest BCUT2D eigenvalue weighted by Gasteiger charge is -2.35. The zero-order valence-corrected chi connectivity index (χ0v) is 14.5. The number of anilines is 1. The second kappa shape index (κ2) is 6.78. The predicted molar refractivity (Wildman–Crippen MR) is 91.9 cm³/mol. The third-order valence-electron chi connectivity index (χ3n) is 3.83. The number of pyridine rings is 1. The first-order chi connectivity index (χ1) is 11.5. The maximum atomic E-state index is 12.5. The summed E-state index contributed by atoms with van der Waals surface area (Å²) in [4.78, 5) is 31.8. The molecule has 0 bridgehead atoms. The lowest BCUT2D eigenvalue weighted by molar-refractivity contribution is 0.0738. The second-order valence-corrected chi connectivity index (χ2v) is 6.26. The summed E-state index contributed by atoms with van der Waals surface area (Å²) in [7, 11) is 1.52. The molecular formula is C15H15Cl2N5O2.